The minimum absolute atomic E-state index is 0.343. The Labute approximate surface area is 114 Å². The summed E-state index contributed by atoms with van der Waals surface area (Å²) >= 11 is 5.47. The van der Waals surface area contributed by atoms with E-state index in [2.05, 4.69) is 4.74 Å². The van der Waals surface area contributed by atoms with Gasteiger partial charge in [0.05, 0.1) is 5.02 Å². The van der Waals surface area contributed by atoms with Crippen molar-refractivity contribution in [2.24, 2.45) is 0 Å². The number of methoxy groups -OCH3 is 1. The van der Waals surface area contributed by atoms with Gasteiger partial charge in [-0.25, -0.2) is 22.3 Å². The first-order chi connectivity index (χ1) is 8.79. The summed E-state index contributed by atoms with van der Waals surface area (Å²) in [5, 5.41) is 8.34. The van der Waals surface area contributed by atoms with Crippen LogP contribution < -0.4 is 4.72 Å². The largest absolute Gasteiger partial charge is 0.479 e. The number of rotatable bonds is 6. The van der Waals surface area contributed by atoms with Crippen LogP contribution in [0.15, 0.2) is 23.1 Å². The molecule has 0 fully saturated rings. The second-order valence-corrected chi connectivity index (χ2v) is 5.61. The van der Waals surface area contributed by atoms with Gasteiger partial charge in [0.25, 0.3) is 0 Å². The van der Waals surface area contributed by atoms with Crippen molar-refractivity contribution >= 4 is 27.6 Å². The highest BCUT2D eigenvalue weighted by molar-refractivity contribution is 7.89. The zero-order valence-corrected chi connectivity index (χ0v) is 11.3. The van der Waals surface area contributed by atoms with Gasteiger partial charge in [-0.05, 0) is 12.1 Å². The highest BCUT2D eigenvalue weighted by atomic mass is 35.5. The lowest BCUT2D eigenvalue weighted by Crippen LogP contribution is -2.38. The molecule has 1 atom stereocenters. The first kappa shape index (κ1) is 15.8. The van der Waals surface area contributed by atoms with Crippen LogP contribution >= 0.6 is 11.6 Å². The summed E-state index contributed by atoms with van der Waals surface area (Å²) in [7, 11) is -3.09. The van der Waals surface area contributed by atoms with Crippen molar-refractivity contribution in [2.45, 2.75) is 11.0 Å². The molecule has 0 aliphatic rings. The van der Waals surface area contributed by atoms with E-state index in [1.807, 2.05) is 4.72 Å². The number of sulfonamides is 1. The number of aliphatic carboxylic acids is 1. The fourth-order valence-corrected chi connectivity index (χ4v) is 2.59. The number of nitrogens with one attached hydrogen (secondary N) is 1. The summed E-state index contributed by atoms with van der Waals surface area (Å²) in [4.78, 5) is 10.00. The predicted molar refractivity (Wildman–Crippen MR) is 65.0 cm³/mol. The molecular formula is C10H11ClFNO5S. The van der Waals surface area contributed by atoms with Crippen LogP contribution in [0.25, 0.3) is 0 Å². The number of hydrogen-bond acceptors (Lipinski definition) is 4. The number of ether oxygens (including phenoxy) is 1. The Hall–Kier alpha value is -1.22. The zero-order valence-electron chi connectivity index (χ0n) is 9.76. The first-order valence-corrected chi connectivity index (χ1v) is 6.85. The zero-order chi connectivity index (χ0) is 14.6. The van der Waals surface area contributed by atoms with Gasteiger partial charge in [0, 0.05) is 13.7 Å². The van der Waals surface area contributed by atoms with E-state index in [4.69, 9.17) is 16.7 Å². The maximum atomic E-state index is 13.6. The van der Waals surface area contributed by atoms with Crippen molar-refractivity contribution < 1.29 is 27.4 Å². The molecule has 0 aliphatic heterocycles. The van der Waals surface area contributed by atoms with Crippen molar-refractivity contribution in [2.75, 3.05) is 13.7 Å². The van der Waals surface area contributed by atoms with Crippen molar-refractivity contribution in [1.82, 2.24) is 4.72 Å². The number of benzene rings is 1. The Bertz CT molecular complexity index is 577. The van der Waals surface area contributed by atoms with E-state index in [-0.39, 0.29) is 5.02 Å². The van der Waals surface area contributed by atoms with Crippen LogP contribution in [0.4, 0.5) is 4.39 Å². The molecule has 2 N–H and O–H groups in total. The summed E-state index contributed by atoms with van der Waals surface area (Å²) in [5.41, 5.74) is 0. The lowest BCUT2D eigenvalue weighted by Gasteiger charge is -2.12. The Morgan fingerprint density at radius 2 is 2.21 bits per heavy atom. The van der Waals surface area contributed by atoms with Crippen molar-refractivity contribution in [1.29, 1.82) is 0 Å². The van der Waals surface area contributed by atoms with E-state index in [0.717, 1.165) is 13.2 Å². The van der Waals surface area contributed by atoms with E-state index in [1.54, 1.807) is 0 Å². The first-order valence-electron chi connectivity index (χ1n) is 4.99. The molecule has 19 heavy (non-hydrogen) atoms. The maximum Gasteiger partial charge on any atom is 0.334 e. The standard InChI is InChI=1S/C10H11ClFNO5S/c1-18-7(10(14)15)5-13-19(16,17)8-4-2-3-6(11)9(8)12/h2-4,7,13H,5H2,1H3,(H,14,15). The molecule has 1 aromatic carbocycles. The van der Waals surface area contributed by atoms with Crippen molar-refractivity contribution in [3.63, 3.8) is 0 Å². The van der Waals surface area contributed by atoms with Crippen LogP contribution in [0.3, 0.4) is 0 Å². The molecule has 0 amide bonds. The summed E-state index contributed by atoms with van der Waals surface area (Å²) < 4.78 is 43.6. The molecule has 9 heteroatoms. The number of carboxylic acids is 1. The Morgan fingerprint density at radius 1 is 1.58 bits per heavy atom. The molecule has 0 aliphatic carbocycles. The Morgan fingerprint density at radius 3 is 2.74 bits per heavy atom. The third kappa shape index (κ3) is 3.87. The fourth-order valence-electron chi connectivity index (χ4n) is 1.23. The molecule has 0 heterocycles. The molecule has 106 valence electrons. The third-order valence-corrected chi connectivity index (χ3v) is 3.96. The molecular weight excluding hydrogens is 301 g/mol. The van der Waals surface area contributed by atoms with Crippen LogP contribution in [0, 0.1) is 5.82 Å². The lowest BCUT2D eigenvalue weighted by molar-refractivity contribution is -0.147. The van der Waals surface area contributed by atoms with Gasteiger partial charge < -0.3 is 9.84 Å². The van der Waals surface area contributed by atoms with Gasteiger partial charge in [-0.15, -0.1) is 0 Å². The van der Waals surface area contributed by atoms with Crippen LogP contribution in [0.2, 0.25) is 5.02 Å². The molecule has 0 bridgehead atoms. The number of carboxylic acid groups (broad SMARTS) is 1. The molecule has 6 nitrogen and oxygen atoms in total. The second kappa shape index (κ2) is 6.29. The van der Waals surface area contributed by atoms with E-state index >= 15 is 0 Å². The van der Waals surface area contributed by atoms with Gasteiger partial charge in [0.1, 0.15) is 4.90 Å². The number of carbonyl (C=O) groups is 1. The Kier molecular flexibility index (Phi) is 5.24. The third-order valence-electron chi connectivity index (χ3n) is 2.22. The quantitative estimate of drug-likeness (QED) is 0.812. The average Bonchev–Trinajstić information content (AvgIpc) is 2.32. The van der Waals surface area contributed by atoms with Gasteiger partial charge in [-0.1, -0.05) is 17.7 Å². The van der Waals surface area contributed by atoms with Crippen molar-refractivity contribution in [3.8, 4) is 0 Å². The molecule has 0 saturated carbocycles. The average molecular weight is 312 g/mol. The maximum absolute atomic E-state index is 13.6. The van der Waals surface area contributed by atoms with Gasteiger partial charge in [-0.2, -0.15) is 0 Å². The molecule has 1 unspecified atom stereocenters. The normalized spacial score (nSPS) is 13.2. The van der Waals surface area contributed by atoms with E-state index < -0.39 is 39.4 Å². The molecule has 0 radical (unpaired) electrons. The van der Waals surface area contributed by atoms with E-state index in [1.165, 1.54) is 12.1 Å². The van der Waals surface area contributed by atoms with Crippen LogP contribution in [-0.2, 0) is 19.6 Å². The van der Waals surface area contributed by atoms with Gasteiger partial charge in [-0.3, -0.25) is 0 Å². The summed E-state index contributed by atoms with van der Waals surface area (Å²) in [6.07, 6.45) is -1.36. The lowest BCUT2D eigenvalue weighted by atomic mass is 10.3. The summed E-state index contributed by atoms with van der Waals surface area (Å²) in [5.74, 6) is -2.43. The highest BCUT2D eigenvalue weighted by Crippen LogP contribution is 2.21. The number of halogens is 2. The van der Waals surface area contributed by atoms with Crippen molar-refractivity contribution in [3.05, 3.63) is 29.0 Å². The molecule has 0 saturated heterocycles. The minimum Gasteiger partial charge on any atom is -0.479 e. The predicted octanol–water partition coefficient (Wildman–Crippen LogP) is 0.857. The monoisotopic (exact) mass is 311 g/mol. The van der Waals surface area contributed by atoms with E-state index in [9.17, 15) is 17.6 Å². The van der Waals surface area contributed by atoms with Crippen LogP contribution in [0.1, 0.15) is 0 Å². The topological polar surface area (TPSA) is 92.7 Å². The van der Waals surface area contributed by atoms with Gasteiger partial charge >= 0.3 is 5.97 Å². The van der Waals surface area contributed by atoms with E-state index in [0.29, 0.717) is 0 Å². The molecule has 1 rings (SSSR count). The molecule has 0 aromatic heterocycles. The summed E-state index contributed by atoms with van der Waals surface area (Å²) in [6.45, 7) is -0.528. The highest BCUT2D eigenvalue weighted by Gasteiger charge is 2.24. The van der Waals surface area contributed by atoms with Gasteiger partial charge in [0.15, 0.2) is 11.9 Å². The SMILES string of the molecule is COC(CNS(=O)(=O)c1cccc(Cl)c1F)C(=O)O. The second-order valence-electron chi connectivity index (χ2n) is 3.47. The Balaban J connectivity index is 2.93. The smallest absolute Gasteiger partial charge is 0.334 e. The molecule has 1 aromatic rings. The fraction of sp³-hybridized carbons (Fsp3) is 0.300. The summed E-state index contributed by atoms with van der Waals surface area (Å²) in [6, 6.07) is 3.49. The van der Waals surface area contributed by atoms with Gasteiger partial charge in [0.2, 0.25) is 10.0 Å². The molecule has 0 spiro atoms. The van der Waals surface area contributed by atoms with Crippen LogP contribution in [-0.4, -0.2) is 39.3 Å². The minimum atomic E-state index is -4.20. The van der Waals surface area contributed by atoms with Crippen LogP contribution in [0.5, 0.6) is 0 Å². The number of hydrogen-bond donors (Lipinski definition) is 2.